The van der Waals surface area contributed by atoms with Gasteiger partial charge in [-0.15, -0.1) is 10.2 Å². The Bertz CT molecular complexity index is 537. The fourth-order valence-corrected chi connectivity index (χ4v) is 2.02. The van der Waals surface area contributed by atoms with Crippen molar-refractivity contribution < 1.29 is 4.74 Å². The molecule has 2 heterocycles. The second-order valence-electron chi connectivity index (χ2n) is 4.12. The molecule has 3 rings (SSSR count). The summed E-state index contributed by atoms with van der Waals surface area (Å²) in [6.45, 7) is 0.814. The van der Waals surface area contributed by atoms with Crippen molar-refractivity contribution in [1.82, 2.24) is 10.2 Å². The standard InChI is InChI=1S/C13H13N3O/c14-13-6-4-11(15-16-13)9-3-5-12-10(8-9)2-1-7-17-12/h3-6,8H,1-2,7H2,(H2,14,16). The summed E-state index contributed by atoms with van der Waals surface area (Å²) in [5, 5.41) is 7.95. The summed E-state index contributed by atoms with van der Waals surface area (Å²) in [5.41, 5.74) is 8.66. The van der Waals surface area contributed by atoms with Crippen LogP contribution < -0.4 is 10.5 Å². The van der Waals surface area contributed by atoms with Crippen LogP contribution in [0, 0.1) is 0 Å². The normalized spacial score (nSPS) is 13.9. The lowest BCUT2D eigenvalue weighted by molar-refractivity contribution is 0.288. The third kappa shape index (κ3) is 1.93. The summed E-state index contributed by atoms with van der Waals surface area (Å²) >= 11 is 0. The first-order valence-electron chi connectivity index (χ1n) is 5.68. The molecule has 0 bridgehead atoms. The maximum atomic E-state index is 5.58. The van der Waals surface area contributed by atoms with Crippen LogP contribution in [0.4, 0.5) is 5.82 Å². The topological polar surface area (TPSA) is 61.0 Å². The molecule has 2 N–H and O–H groups in total. The lowest BCUT2D eigenvalue weighted by Crippen LogP contribution is -2.08. The molecule has 0 fully saturated rings. The first-order chi connectivity index (χ1) is 8.33. The highest BCUT2D eigenvalue weighted by atomic mass is 16.5. The Labute approximate surface area is 99.4 Å². The van der Waals surface area contributed by atoms with E-state index < -0.39 is 0 Å². The molecule has 0 spiro atoms. The Balaban J connectivity index is 2.01. The van der Waals surface area contributed by atoms with E-state index in [0.29, 0.717) is 5.82 Å². The smallest absolute Gasteiger partial charge is 0.146 e. The van der Waals surface area contributed by atoms with Crippen LogP contribution in [0.5, 0.6) is 5.75 Å². The Morgan fingerprint density at radius 2 is 2.06 bits per heavy atom. The van der Waals surface area contributed by atoms with Crippen molar-refractivity contribution in [3.05, 3.63) is 35.9 Å². The highest BCUT2D eigenvalue weighted by molar-refractivity contribution is 5.62. The number of aromatic nitrogens is 2. The van der Waals surface area contributed by atoms with Crippen molar-refractivity contribution in [2.75, 3.05) is 12.3 Å². The van der Waals surface area contributed by atoms with Crippen LogP contribution in [-0.4, -0.2) is 16.8 Å². The van der Waals surface area contributed by atoms with Gasteiger partial charge in [0.15, 0.2) is 0 Å². The molecule has 86 valence electrons. The van der Waals surface area contributed by atoms with Crippen LogP contribution in [0.25, 0.3) is 11.3 Å². The molecule has 0 aliphatic carbocycles. The second-order valence-corrected chi connectivity index (χ2v) is 4.12. The molecule has 0 amide bonds. The number of nitrogens with two attached hydrogens (primary N) is 1. The zero-order chi connectivity index (χ0) is 11.7. The Kier molecular flexibility index (Phi) is 2.40. The molecule has 1 aliphatic heterocycles. The van der Waals surface area contributed by atoms with Gasteiger partial charge in [-0.25, -0.2) is 0 Å². The highest BCUT2D eigenvalue weighted by Gasteiger charge is 2.11. The van der Waals surface area contributed by atoms with Crippen LogP contribution in [0.1, 0.15) is 12.0 Å². The second kappa shape index (κ2) is 4.05. The number of benzene rings is 1. The Hall–Kier alpha value is -2.10. The van der Waals surface area contributed by atoms with Crippen molar-refractivity contribution in [2.24, 2.45) is 0 Å². The van der Waals surface area contributed by atoms with Crippen molar-refractivity contribution in [2.45, 2.75) is 12.8 Å². The average molecular weight is 227 g/mol. The van der Waals surface area contributed by atoms with E-state index in [-0.39, 0.29) is 0 Å². The maximum absolute atomic E-state index is 5.58. The van der Waals surface area contributed by atoms with Gasteiger partial charge in [-0.05, 0) is 48.7 Å². The van der Waals surface area contributed by atoms with E-state index in [1.165, 1.54) is 5.56 Å². The quantitative estimate of drug-likeness (QED) is 0.810. The van der Waals surface area contributed by atoms with E-state index in [1.54, 1.807) is 6.07 Å². The minimum absolute atomic E-state index is 0.440. The van der Waals surface area contributed by atoms with E-state index in [9.17, 15) is 0 Å². The molecular formula is C13H13N3O. The summed E-state index contributed by atoms with van der Waals surface area (Å²) in [6, 6.07) is 9.77. The van der Waals surface area contributed by atoms with E-state index in [4.69, 9.17) is 10.5 Å². The van der Waals surface area contributed by atoms with Gasteiger partial charge in [0.2, 0.25) is 0 Å². The predicted molar refractivity (Wildman–Crippen MR) is 65.7 cm³/mol. The zero-order valence-corrected chi connectivity index (χ0v) is 9.39. The number of hydrogen-bond acceptors (Lipinski definition) is 4. The first-order valence-corrected chi connectivity index (χ1v) is 5.68. The summed E-state index contributed by atoms with van der Waals surface area (Å²) in [4.78, 5) is 0. The third-order valence-electron chi connectivity index (χ3n) is 2.89. The van der Waals surface area contributed by atoms with Crippen LogP contribution in [0.15, 0.2) is 30.3 Å². The first kappa shape index (κ1) is 10.1. The van der Waals surface area contributed by atoms with Crippen molar-refractivity contribution >= 4 is 5.82 Å². The molecule has 4 nitrogen and oxygen atoms in total. The van der Waals surface area contributed by atoms with E-state index in [1.807, 2.05) is 18.2 Å². The number of fused-ring (bicyclic) bond motifs is 1. The number of hydrogen-bond donors (Lipinski definition) is 1. The third-order valence-corrected chi connectivity index (χ3v) is 2.89. The van der Waals surface area contributed by atoms with Crippen LogP contribution in [-0.2, 0) is 6.42 Å². The minimum Gasteiger partial charge on any atom is -0.493 e. The number of anilines is 1. The van der Waals surface area contributed by atoms with E-state index in [2.05, 4.69) is 16.3 Å². The van der Waals surface area contributed by atoms with Gasteiger partial charge < -0.3 is 10.5 Å². The monoisotopic (exact) mass is 227 g/mol. The lowest BCUT2D eigenvalue weighted by atomic mass is 10.0. The van der Waals surface area contributed by atoms with Crippen molar-refractivity contribution in [1.29, 1.82) is 0 Å². The van der Waals surface area contributed by atoms with Gasteiger partial charge in [0.1, 0.15) is 11.6 Å². The zero-order valence-electron chi connectivity index (χ0n) is 9.39. The number of rotatable bonds is 1. The molecule has 17 heavy (non-hydrogen) atoms. The van der Waals surface area contributed by atoms with Gasteiger partial charge in [-0.1, -0.05) is 0 Å². The summed E-state index contributed by atoms with van der Waals surface area (Å²) in [5.74, 6) is 1.43. The SMILES string of the molecule is Nc1ccc(-c2ccc3c(c2)CCCO3)nn1. The summed E-state index contributed by atoms with van der Waals surface area (Å²) in [7, 11) is 0. The van der Waals surface area contributed by atoms with Gasteiger partial charge in [0, 0.05) is 5.56 Å². The summed E-state index contributed by atoms with van der Waals surface area (Å²) in [6.07, 6.45) is 2.13. The Morgan fingerprint density at radius 3 is 2.88 bits per heavy atom. The molecule has 0 saturated carbocycles. The molecule has 0 unspecified atom stereocenters. The molecule has 0 saturated heterocycles. The van der Waals surface area contributed by atoms with Crippen molar-refractivity contribution in [3.63, 3.8) is 0 Å². The van der Waals surface area contributed by atoms with Gasteiger partial charge in [0.25, 0.3) is 0 Å². The van der Waals surface area contributed by atoms with Crippen molar-refractivity contribution in [3.8, 4) is 17.0 Å². The fraction of sp³-hybridized carbons (Fsp3) is 0.231. The maximum Gasteiger partial charge on any atom is 0.146 e. The Morgan fingerprint density at radius 1 is 1.12 bits per heavy atom. The van der Waals surface area contributed by atoms with Crippen LogP contribution in [0.2, 0.25) is 0 Å². The summed E-state index contributed by atoms with van der Waals surface area (Å²) < 4.78 is 5.58. The van der Waals surface area contributed by atoms with Gasteiger partial charge in [0.05, 0.1) is 12.3 Å². The van der Waals surface area contributed by atoms with Crippen LogP contribution in [0.3, 0.4) is 0 Å². The lowest BCUT2D eigenvalue weighted by Gasteiger charge is -2.17. The molecule has 1 aliphatic rings. The van der Waals surface area contributed by atoms with Gasteiger partial charge in [-0.3, -0.25) is 0 Å². The van der Waals surface area contributed by atoms with E-state index >= 15 is 0 Å². The molecule has 1 aromatic heterocycles. The number of ether oxygens (including phenoxy) is 1. The number of aryl methyl sites for hydroxylation is 1. The molecular weight excluding hydrogens is 214 g/mol. The molecule has 4 heteroatoms. The van der Waals surface area contributed by atoms with Gasteiger partial charge in [-0.2, -0.15) is 0 Å². The molecule has 0 atom stereocenters. The number of nitrogen functional groups attached to an aromatic ring is 1. The fourth-order valence-electron chi connectivity index (χ4n) is 2.02. The molecule has 0 radical (unpaired) electrons. The van der Waals surface area contributed by atoms with E-state index in [0.717, 1.165) is 36.5 Å². The van der Waals surface area contributed by atoms with Crippen LogP contribution >= 0.6 is 0 Å². The highest BCUT2D eigenvalue weighted by Crippen LogP contribution is 2.29. The number of nitrogens with zero attached hydrogens (tertiary/aromatic N) is 2. The minimum atomic E-state index is 0.440. The molecule has 1 aromatic carbocycles. The average Bonchev–Trinajstić information content (AvgIpc) is 2.39. The van der Waals surface area contributed by atoms with Gasteiger partial charge >= 0.3 is 0 Å². The largest absolute Gasteiger partial charge is 0.493 e. The molecule has 2 aromatic rings. The predicted octanol–water partition coefficient (Wildman–Crippen LogP) is 2.05.